The lowest BCUT2D eigenvalue weighted by Crippen LogP contribution is -2.36. The van der Waals surface area contributed by atoms with Gasteiger partial charge in [-0.05, 0) is 61.0 Å². The number of hydrogen-bond donors (Lipinski definition) is 1. The van der Waals surface area contributed by atoms with Gasteiger partial charge in [-0.25, -0.2) is 4.79 Å². The monoisotopic (exact) mass is 484 g/mol. The molecular weight excluding hydrogens is 464 g/mol. The maximum atomic E-state index is 12.7. The van der Waals surface area contributed by atoms with Gasteiger partial charge in [-0.15, -0.1) is 0 Å². The molecule has 2 aromatic rings. The van der Waals surface area contributed by atoms with E-state index in [0.717, 1.165) is 27.8 Å². The third-order valence-corrected chi connectivity index (χ3v) is 5.71. The van der Waals surface area contributed by atoms with Crippen LogP contribution in [0.15, 0.2) is 65.1 Å². The van der Waals surface area contributed by atoms with Crippen LogP contribution in [-0.2, 0) is 14.3 Å². The predicted molar refractivity (Wildman–Crippen MR) is 129 cm³/mol. The third kappa shape index (κ3) is 6.34. The van der Waals surface area contributed by atoms with Crippen LogP contribution in [-0.4, -0.2) is 41.1 Å². The number of esters is 1. The Morgan fingerprint density at radius 3 is 2.58 bits per heavy atom. The van der Waals surface area contributed by atoms with Crippen molar-refractivity contribution in [3.63, 3.8) is 0 Å². The summed E-state index contributed by atoms with van der Waals surface area (Å²) in [6, 6.07) is 13.9. The minimum absolute atomic E-state index is 0.103. The zero-order chi connectivity index (χ0) is 24.0. The Bertz CT molecular complexity index is 1160. The number of carbonyl (C=O) groups is 4. The molecule has 3 amide bonds. The molecule has 0 aliphatic carbocycles. The molecule has 1 fully saturated rings. The maximum absolute atomic E-state index is 12.7. The molecule has 0 saturated carbocycles. The van der Waals surface area contributed by atoms with Crippen molar-refractivity contribution in [3.05, 3.63) is 81.2 Å². The van der Waals surface area contributed by atoms with Gasteiger partial charge in [-0.1, -0.05) is 48.0 Å². The number of nitrogens with zero attached hydrogens (tertiary/aromatic N) is 1. The van der Waals surface area contributed by atoms with Crippen molar-refractivity contribution >= 4 is 58.1 Å². The zero-order valence-corrected chi connectivity index (χ0v) is 19.5. The number of halogens is 1. The molecule has 7 nitrogen and oxygen atoms in total. The molecule has 170 valence electrons. The fourth-order valence-electron chi connectivity index (χ4n) is 3.01. The average molecular weight is 485 g/mol. The van der Waals surface area contributed by atoms with E-state index in [4.69, 9.17) is 16.3 Å². The number of anilines is 1. The van der Waals surface area contributed by atoms with E-state index in [1.807, 2.05) is 43.3 Å². The van der Waals surface area contributed by atoms with E-state index in [0.29, 0.717) is 0 Å². The number of benzene rings is 2. The first-order chi connectivity index (χ1) is 15.8. The molecule has 1 aliphatic rings. The normalized spacial score (nSPS) is 15.2. The molecule has 0 radical (unpaired) electrons. The van der Waals surface area contributed by atoms with Crippen LogP contribution in [0.25, 0.3) is 6.08 Å². The van der Waals surface area contributed by atoms with Crippen molar-refractivity contribution in [2.24, 2.45) is 0 Å². The topological polar surface area (TPSA) is 92.8 Å². The second kappa shape index (κ2) is 11.0. The molecule has 1 saturated heterocycles. The SMILES string of the molecule is CCOC(=O)c1cc(NC(=O)CN2C(=O)S/C(=C/C(C)=C/c3ccccc3)C2=O)ccc1Cl. The Kier molecular flexibility index (Phi) is 8.08. The van der Waals surface area contributed by atoms with Gasteiger partial charge in [0.2, 0.25) is 5.91 Å². The van der Waals surface area contributed by atoms with Crippen molar-refractivity contribution in [2.75, 3.05) is 18.5 Å². The number of allylic oxidation sites excluding steroid dienone is 2. The quantitative estimate of drug-likeness (QED) is 0.432. The van der Waals surface area contributed by atoms with Crippen LogP contribution in [0.4, 0.5) is 10.5 Å². The van der Waals surface area contributed by atoms with Gasteiger partial charge in [0.1, 0.15) is 6.54 Å². The average Bonchev–Trinajstić information content (AvgIpc) is 3.03. The van der Waals surface area contributed by atoms with Crippen molar-refractivity contribution in [1.82, 2.24) is 4.90 Å². The minimum Gasteiger partial charge on any atom is -0.462 e. The van der Waals surface area contributed by atoms with Crippen LogP contribution >= 0.6 is 23.4 Å². The first-order valence-corrected chi connectivity index (χ1v) is 11.2. The van der Waals surface area contributed by atoms with E-state index in [1.54, 1.807) is 13.0 Å². The summed E-state index contributed by atoms with van der Waals surface area (Å²) in [6.07, 6.45) is 3.52. The highest BCUT2D eigenvalue weighted by molar-refractivity contribution is 8.18. The number of amides is 3. The van der Waals surface area contributed by atoms with Crippen molar-refractivity contribution in [2.45, 2.75) is 13.8 Å². The highest BCUT2D eigenvalue weighted by Gasteiger charge is 2.36. The highest BCUT2D eigenvalue weighted by atomic mass is 35.5. The van der Waals surface area contributed by atoms with Gasteiger partial charge >= 0.3 is 5.97 Å². The summed E-state index contributed by atoms with van der Waals surface area (Å²) in [5.41, 5.74) is 2.15. The van der Waals surface area contributed by atoms with E-state index in [2.05, 4.69) is 5.32 Å². The van der Waals surface area contributed by atoms with Gasteiger partial charge in [0, 0.05) is 5.69 Å². The number of hydrogen-bond acceptors (Lipinski definition) is 6. The fourth-order valence-corrected chi connectivity index (χ4v) is 4.09. The van der Waals surface area contributed by atoms with E-state index in [9.17, 15) is 19.2 Å². The summed E-state index contributed by atoms with van der Waals surface area (Å²) >= 11 is 6.80. The van der Waals surface area contributed by atoms with Crippen LogP contribution in [0.2, 0.25) is 5.02 Å². The van der Waals surface area contributed by atoms with Gasteiger partial charge in [0.25, 0.3) is 11.1 Å². The molecule has 2 aromatic carbocycles. The van der Waals surface area contributed by atoms with E-state index >= 15 is 0 Å². The van der Waals surface area contributed by atoms with Gasteiger partial charge < -0.3 is 10.1 Å². The molecule has 1 heterocycles. The van der Waals surface area contributed by atoms with Crippen LogP contribution in [0, 0.1) is 0 Å². The summed E-state index contributed by atoms with van der Waals surface area (Å²) in [6.45, 7) is 3.22. The largest absolute Gasteiger partial charge is 0.462 e. The predicted octanol–water partition coefficient (Wildman–Crippen LogP) is 5.14. The smallest absolute Gasteiger partial charge is 0.339 e. The molecule has 0 aromatic heterocycles. The Morgan fingerprint density at radius 2 is 1.88 bits per heavy atom. The summed E-state index contributed by atoms with van der Waals surface area (Å²) in [7, 11) is 0. The fraction of sp³-hybridized carbons (Fsp3) is 0.167. The van der Waals surface area contributed by atoms with E-state index < -0.39 is 29.6 Å². The van der Waals surface area contributed by atoms with Crippen LogP contribution < -0.4 is 5.32 Å². The van der Waals surface area contributed by atoms with Crippen molar-refractivity contribution in [1.29, 1.82) is 0 Å². The lowest BCUT2D eigenvalue weighted by molar-refractivity contribution is -0.127. The number of imide groups is 1. The third-order valence-electron chi connectivity index (χ3n) is 4.47. The maximum Gasteiger partial charge on any atom is 0.339 e. The minimum atomic E-state index is -0.617. The molecule has 0 bridgehead atoms. The molecule has 9 heteroatoms. The molecule has 1 aliphatic heterocycles. The first kappa shape index (κ1) is 24.3. The second-order valence-electron chi connectivity index (χ2n) is 7.03. The molecule has 33 heavy (non-hydrogen) atoms. The van der Waals surface area contributed by atoms with Crippen molar-refractivity contribution < 1.29 is 23.9 Å². The second-order valence-corrected chi connectivity index (χ2v) is 8.43. The first-order valence-electron chi connectivity index (χ1n) is 10.0. The lowest BCUT2D eigenvalue weighted by Gasteiger charge is -2.13. The van der Waals surface area contributed by atoms with Crippen LogP contribution in [0.1, 0.15) is 29.8 Å². The Balaban J connectivity index is 1.67. The van der Waals surface area contributed by atoms with Gasteiger partial charge in [-0.2, -0.15) is 0 Å². The summed E-state index contributed by atoms with van der Waals surface area (Å²) < 4.78 is 4.94. The van der Waals surface area contributed by atoms with Crippen molar-refractivity contribution in [3.8, 4) is 0 Å². The van der Waals surface area contributed by atoms with E-state index in [-0.39, 0.29) is 27.8 Å². The molecule has 3 rings (SSSR count). The number of carbonyl (C=O) groups excluding carboxylic acids is 4. The highest BCUT2D eigenvalue weighted by Crippen LogP contribution is 2.31. The Hall–Kier alpha value is -3.36. The lowest BCUT2D eigenvalue weighted by atomic mass is 10.1. The van der Waals surface area contributed by atoms with Gasteiger partial charge in [-0.3, -0.25) is 19.3 Å². The number of rotatable bonds is 7. The molecule has 1 N–H and O–H groups in total. The number of ether oxygens (including phenoxy) is 1. The van der Waals surface area contributed by atoms with Gasteiger partial charge in [0.15, 0.2) is 0 Å². The summed E-state index contributed by atoms with van der Waals surface area (Å²) in [4.78, 5) is 50.6. The van der Waals surface area contributed by atoms with E-state index in [1.165, 1.54) is 18.2 Å². The molecule has 0 spiro atoms. The Labute approximate surface area is 200 Å². The number of nitrogens with one attached hydrogen (secondary N) is 1. The summed E-state index contributed by atoms with van der Waals surface area (Å²) in [5, 5.41) is 2.22. The molecule has 0 atom stereocenters. The number of thioether (sulfide) groups is 1. The molecule has 0 unspecified atom stereocenters. The molecular formula is C24H21ClN2O5S. The summed E-state index contributed by atoms with van der Waals surface area (Å²) in [5.74, 6) is -1.75. The zero-order valence-electron chi connectivity index (χ0n) is 18.0. The van der Waals surface area contributed by atoms with Crippen LogP contribution in [0.3, 0.4) is 0 Å². The Morgan fingerprint density at radius 1 is 1.15 bits per heavy atom. The van der Waals surface area contributed by atoms with Crippen LogP contribution in [0.5, 0.6) is 0 Å². The standard InChI is InChI=1S/C24H21ClN2O5S/c1-3-32-23(30)18-13-17(9-10-19(18)25)26-21(28)14-27-22(29)20(33-24(27)31)12-15(2)11-16-7-5-4-6-8-16/h4-13H,3,14H2,1-2H3,(H,26,28)/b15-11+,20-12+. The van der Waals surface area contributed by atoms with Gasteiger partial charge in [0.05, 0.1) is 22.1 Å².